The zero-order chi connectivity index (χ0) is 28.5. The zero-order valence-corrected chi connectivity index (χ0v) is 23.8. The molecule has 1 amide bonds. The van der Waals surface area contributed by atoms with E-state index in [2.05, 4.69) is 25.3 Å². The summed E-state index contributed by atoms with van der Waals surface area (Å²) in [5.74, 6) is 0.611. The molecule has 5 aromatic rings. The van der Waals surface area contributed by atoms with Crippen LogP contribution in [0, 0.1) is 25.6 Å². The number of carbonyl (C=O) groups excluding carboxylic acids is 1. The SMILES string of the molecule is COc1cnc2c(-c3nc4cc(F)c(O[C@@H]5CCCC[C@H]5CC(=O)Nc5cnc(C)nc5)cc4s3)cc(C)cc2n1. The number of fused-ring (bicyclic) bond motifs is 2. The van der Waals surface area contributed by atoms with Crippen molar-refractivity contribution in [2.24, 2.45) is 5.92 Å². The largest absolute Gasteiger partial charge is 0.487 e. The van der Waals surface area contributed by atoms with E-state index in [0.29, 0.717) is 33.9 Å². The highest BCUT2D eigenvalue weighted by molar-refractivity contribution is 7.21. The summed E-state index contributed by atoms with van der Waals surface area (Å²) in [4.78, 5) is 34.8. The lowest BCUT2D eigenvalue weighted by atomic mass is 9.84. The highest BCUT2D eigenvalue weighted by atomic mass is 32.1. The molecular weight excluding hydrogens is 543 g/mol. The number of hydrogen-bond acceptors (Lipinski definition) is 9. The number of methoxy groups -OCH3 is 1. The van der Waals surface area contributed by atoms with Crippen LogP contribution in [0.3, 0.4) is 0 Å². The molecule has 41 heavy (non-hydrogen) atoms. The summed E-state index contributed by atoms with van der Waals surface area (Å²) in [5.41, 5.74) is 4.34. The van der Waals surface area contributed by atoms with E-state index in [1.54, 1.807) is 38.7 Å². The van der Waals surface area contributed by atoms with E-state index in [1.165, 1.54) is 17.4 Å². The number of aryl methyl sites for hydroxylation is 2. The fourth-order valence-electron chi connectivity index (χ4n) is 5.28. The quantitative estimate of drug-likeness (QED) is 0.238. The van der Waals surface area contributed by atoms with Gasteiger partial charge >= 0.3 is 0 Å². The number of nitrogens with one attached hydrogen (secondary N) is 1. The van der Waals surface area contributed by atoms with Crippen molar-refractivity contribution in [2.45, 2.75) is 52.1 Å². The number of benzene rings is 2. The van der Waals surface area contributed by atoms with Gasteiger partial charge in [-0.3, -0.25) is 4.79 Å². The van der Waals surface area contributed by atoms with E-state index in [9.17, 15) is 4.79 Å². The average Bonchev–Trinajstić information content (AvgIpc) is 3.37. The van der Waals surface area contributed by atoms with Crippen molar-refractivity contribution < 1.29 is 18.7 Å². The van der Waals surface area contributed by atoms with Crippen LogP contribution < -0.4 is 14.8 Å². The first-order valence-electron chi connectivity index (χ1n) is 13.5. The smallest absolute Gasteiger partial charge is 0.232 e. The van der Waals surface area contributed by atoms with E-state index < -0.39 is 5.82 Å². The van der Waals surface area contributed by atoms with Crippen LogP contribution in [0.25, 0.3) is 31.8 Å². The number of carbonyl (C=O) groups is 1. The van der Waals surface area contributed by atoms with Crippen molar-refractivity contribution in [3.05, 3.63) is 60.1 Å². The molecule has 0 radical (unpaired) electrons. The summed E-state index contributed by atoms with van der Waals surface area (Å²) in [6.07, 6.45) is 8.33. The fraction of sp³-hybridized carbons (Fsp3) is 0.333. The second kappa shape index (κ2) is 11.3. The molecule has 1 saturated carbocycles. The third kappa shape index (κ3) is 5.81. The van der Waals surface area contributed by atoms with Gasteiger partial charge in [-0.1, -0.05) is 6.42 Å². The number of thiazole rings is 1. The predicted molar refractivity (Wildman–Crippen MR) is 156 cm³/mol. The fourth-order valence-corrected chi connectivity index (χ4v) is 6.27. The maximum atomic E-state index is 15.3. The number of ether oxygens (including phenoxy) is 2. The van der Waals surface area contributed by atoms with Gasteiger partial charge in [-0.2, -0.15) is 0 Å². The molecule has 1 aliphatic carbocycles. The Labute approximate surface area is 240 Å². The van der Waals surface area contributed by atoms with Crippen LogP contribution >= 0.6 is 11.3 Å². The van der Waals surface area contributed by atoms with Crippen LogP contribution in [0.2, 0.25) is 0 Å². The number of aromatic nitrogens is 5. The van der Waals surface area contributed by atoms with Crippen molar-refractivity contribution in [3.63, 3.8) is 0 Å². The van der Waals surface area contributed by atoms with Crippen LogP contribution in [0.4, 0.5) is 10.1 Å². The molecule has 2 atom stereocenters. The van der Waals surface area contributed by atoms with Crippen LogP contribution in [-0.2, 0) is 4.79 Å². The predicted octanol–water partition coefficient (Wildman–Crippen LogP) is 6.43. The Morgan fingerprint density at radius 3 is 2.63 bits per heavy atom. The molecule has 2 aromatic carbocycles. The van der Waals surface area contributed by atoms with E-state index in [1.807, 2.05) is 19.1 Å². The number of amides is 1. The van der Waals surface area contributed by atoms with Gasteiger partial charge in [-0.15, -0.1) is 11.3 Å². The molecule has 0 aliphatic heterocycles. The first-order valence-corrected chi connectivity index (χ1v) is 14.3. The third-order valence-electron chi connectivity index (χ3n) is 7.28. The molecule has 9 nitrogen and oxygen atoms in total. The number of rotatable bonds is 7. The lowest BCUT2D eigenvalue weighted by Crippen LogP contribution is -2.33. The summed E-state index contributed by atoms with van der Waals surface area (Å²) in [6, 6.07) is 7.09. The van der Waals surface area contributed by atoms with Crippen LogP contribution in [0.1, 0.15) is 43.5 Å². The summed E-state index contributed by atoms with van der Waals surface area (Å²) in [7, 11) is 1.56. The molecule has 11 heteroatoms. The van der Waals surface area contributed by atoms with Gasteiger partial charge in [0, 0.05) is 30.0 Å². The van der Waals surface area contributed by atoms with Crippen molar-refractivity contribution in [1.82, 2.24) is 24.9 Å². The first kappa shape index (κ1) is 26.9. The van der Waals surface area contributed by atoms with E-state index in [-0.39, 0.29) is 30.1 Å². The van der Waals surface area contributed by atoms with Crippen LogP contribution in [0.15, 0.2) is 42.9 Å². The van der Waals surface area contributed by atoms with Gasteiger partial charge < -0.3 is 14.8 Å². The van der Waals surface area contributed by atoms with Gasteiger partial charge in [0.1, 0.15) is 16.9 Å². The highest BCUT2D eigenvalue weighted by Crippen LogP contribution is 2.38. The van der Waals surface area contributed by atoms with E-state index in [4.69, 9.17) is 14.5 Å². The molecular formula is C30H29FN6O3S. The van der Waals surface area contributed by atoms with Gasteiger partial charge in [0.2, 0.25) is 11.8 Å². The topological polar surface area (TPSA) is 112 Å². The molecule has 0 saturated heterocycles. The Kier molecular flexibility index (Phi) is 7.44. The molecule has 1 aliphatic rings. The monoisotopic (exact) mass is 572 g/mol. The lowest BCUT2D eigenvalue weighted by Gasteiger charge is -2.31. The molecule has 6 rings (SSSR count). The molecule has 0 unspecified atom stereocenters. The number of anilines is 1. The zero-order valence-electron chi connectivity index (χ0n) is 23.0. The summed E-state index contributed by atoms with van der Waals surface area (Å²) in [5, 5.41) is 3.58. The van der Waals surface area contributed by atoms with Crippen LogP contribution in [0.5, 0.6) is 11.6 Å². The maximum Gasteiger partial charge on any atom is 0.232 e. The van der Waals surface area contributed by atoms with Crippen LogP contribution in [-0.4, -0.2) is 44.0 Å². The van der Waals surface area contributed by atoms with Gasteiger partial charge in [0.05, 0.1) is 52.6 Å². The second-order valence-electron chi connectivity index (χ2n) is 10.3. The normalized spacial score (nSPS) is 17.1. The minimum Gasteiger partial charge on any atom is -0.487 e. The number of nitrogens with zero attached hydrogens (tertiary/aromatic N) is 5. The molecule has 3 heterocycles. The van der Waals surface area contributed by atoms with Gasteiger partial charge in [-0.25, -0.2) is 29.3 Å². The number of halogens is 1. The summed E-state index contributed by atoms with van der Waals surface area (Å²) < 4.78 is 27.6. The second-order valence-corrected chi connectivity index (χ2v) is 11.4. The molecule has 1 fully saturated rings. The molecule has 0 spiro atoms. The van der Waals surface area contributed by atoms with Gasteiger partial charge in [0.25, 0.3) is 0 Å². The van der Waals surface area contributed by atoms with Gasteiger partial charge in [-0.05, 0) is 50.8 Å². The molecule has 1 N–H and O–H groups in total. The standard InChI is InChI=1S/C30H29FN6O3S/c1-16-8-20(29-23(9-16)36-28(39-3)15-34-29)30-37-22-11-21(31)25(12-26(22)41-30)40-24-7-5-4-6-18(24)10-27(38)35-19-13-32-17(2)33-14-19/h8-9,11-15,18,24H,4-7,10H2,1-3H3,(H,35,38)/t18-,24+/m0/s1. The Hall–Kier alpha value is -4.25. The summed E-state index contributed by atoms with van der Waals surface area (Å²) in [6.45, 7) is 3.77. The maximum absolute atomic E-state index is 15.3. The lowest BCUT2D eigenvalue weighted by molar-refractivity contribution is -0.118. The highest BCUT2D eigenvalue weighted by Gasteiger charge is 2.30. The minimum atomic E-state index is -0.474. The van der Waals surface area contributed by atoms with Crippen molar-refractivity contribution in [3.8, 4) is 22.2 Å². The molecule has 3 aromatic heterocycles. The van der Waals surface area contributed by atoms with Gasteiger partial charge in [0.15, 0.2) is 11.6 Å². The van der Waals surface area contributed by atoms with E-state index in [0.717, 1.165) is 46.5 Å². The van der Waals surface area contributed by atoms with E-state index >= 15 is 4.39 Å². The first-order chi connectivity index (χ1) is 19.9. The van der Waals surface area contributed by atoms with Crippen molar-refractivity contribution in [1.29, 1.82) is 0 Å². The Balaban J connectivity index is 1.24. The molecule has 210 valence electrons. The Bertz CT molecular complexity index is 1740. The summed E-state index contributed by atoms with van der Waals surface area (Å²) >= 11 is 1.45. The van der Waals surface area contributed by atoms with Crippen molar-refractivity contribution >= 4 is 44.2 Å². The minimum absolute atomic E-state index is 0.0311. The third-order valence-corrected chi connectivity index (χ3v) is 8.33. The Morgan fingerprint density at radius 1 is 1.02 bits per heavy atom. The molecule has 0 bridgehead atoms. The Morgan fingerprint density at radius 2 is 1.83 bits per heavy atom. The van der Waals surface area contributed by atoms with Crippen molar-refractivity contribution in [2.75, 3.05) is 12.4 Å². The average molecular weight is 573 g/mol. The number of hydrogen-bond donors (Lipinski definition) is 1.